The second-order valence-electron chi connectivity index (χ2n) is 6.60. The van der Waals surface area contributed by atoms with Gasteiger partial charge in [-0.1, -0.05) is 17.7 Å². The fourth-order valence-corrected chi connectivity index (χ4v) is 3.37. The molecule has 0 aliphatic carbocycles. The van der Waals surface area contributed by atoms with Crippen molar-refractivity contribution in [2.45, 2.75) is 18.9 Å². The predicted octanol–water partition coefficient (Wildman–Crippen LogP) is 4.08. The van der Waals surface area contributed by atoms with Crippen molar-refractivity contribution in [3.8, 4) is 0 Å². The summed E-state index contributed by atoms with van der Waals surface area (Å²) in [5.41, 5.74) is 0.212. The number of carbonyl (C=O) groups excluding carboxylic acids is 1. The number of piperidine rings is 1. The SMILES string of the molecule is CN1CCC(N(C)c2cccc(NC(=O)c3ccc(F)cc3Cl)n2)CC1.Cl. The Hall–Kier alpha value is -1.89. The number of likely N-dealkylation sites (tertiary alicyclic amines) is 1. The molecule has 1 fully saturated rings. The molecule has 2 aromatic rings. The maximum Gasteiger partial charge on any atom is 0.258 e. The van der Waals surface area contributed by atoms with Gasteiger partial charge in [-0.05, 0) is 63.3 Å². The van der Waals surface area contributed by atoms with Crippen molar-refractivity contribution in [1.29, 1.82) is 0 Å². The van der Waals surface area contributed by atoms with Crippen LogP contribution in [0.5, 0.6) is 0 Å². The molecular weight excluding hydrogens is 390 g/mol. The van der Waals surface area contributed by atoms with E-state index in [0.29, 0.717) is 11.9 Å². The van der Waals surface area contributed by atoms with Gasteiger partial charge in [-0.2, -0.15) is 0 Å². The molecular formula is C19H23Cl2FN4O. The summed E-state index contributed by atoms with van der Waals surface area (Å²) in [6.07, 6.45) is 2.16. The Morgan fingerprint density at radius 2 is 2.00 bits per heavy atom. The van der Waals surface area contributed by atoms with Crippen LogP contribution >= 0.6 is 24.0 Å². The number of amides is 1. The Labute approximate surface area is 169 Å². The zero-order valence-electron chi connectivity index (χ0n) is 15.3. The van der Waals surface area contributed by atoms with Gasteiger partial charge in [-0.3, -0.25) is 4.79 Å². The molecule has 1 aromatic carbocycles. The van der Waals surface area contributed by atoms with Gasteiger partial charge in [0.05, 0.1) is 10.6 Å². The maximum absolute atomic E-state index is 13.1. The molecule has 1 saturated heterocycles. The van der Waals surface area contributed by atoms with E-state index in [1.807, 2.05) is 19.2 Å². The summed E-state index contributed by atoms with van der Waals surface area (Å²) in [5.74, 6) is 0.350. The van der Waals surface area contributed by atoms with E-state index >= 15 is 0 Å². The van der Waals surface area contributed by atoms with Gasteiger partial charge >= 0.3 is 0 Å². The highest BCUT2D eigenvalue weighted by Crippen LogP contribution is 2.22. The minimum Gasteiger partial charge on any atom is -0.357 e. The van der Waals surface area contributed by atoms with Crippen LogP contribution in [0, 0.1) is 5.82 Å². The number of pyridine rings is 1. The molecule has 27 heavy (non-hydrogen) atoms. The molecule has 8 heteroatoms. The maximum atomic E-state index is 13.1. The van der Waals surface area contributed by atoms with Crippen LogP contribution in [0.3, 0.4) is 0 Å². The van der Waals surface area contributed by atoms with E-state index in [2.05, 4.69) is 27.1 Å². The molecule has 0 spiro atoms. The molecule has 1 aromatic heterocycles. The second kappa shape index (κ2) is 9.35. The molecule has 1 aliphatic rings. The van der Waals surface area contributed by atoms with E-state index < -0.39 is 11.7 Å². The number of rotatable bonds is 4. The molecule has 3 rings (SSSR count). The van der Waals surface area contributed by atoms with Crippen LogP contribution in [0.1, 0.15) is 23.2 Å². The van der Waals surface area contributed by atoms with E-state index in [4.69, 9.17) is 11.6 Å². The summed E-state index contributed by atoms with van der Waals surface area (Å²) in [4.78, 5) is 21.4. The number of carbonyl (C=O) groups is 1. The van der Waals surface area contributed by atoms with Crippen molar-refractivity contribution < 1.29 is 9.18 Å². The van der Waals surface area contributed by atoms with Crippen molar-refractivity contribution in [3.63, 3.8) is 0 Å². The largest absolute Gasteiger partial charge is 0.357 e. The lowest BCUT2D eigenvalue weighted by atomic mass is 10.0. The molecule has 146 valence electrons. The summed E-state index contributed by atoms with van der Waals surface area (Å²) in [6, 6.07) is 9.63. The van der Waals surface area contributed by atoms with E-state index in [1.165, 1.54) is 12.1 Å². The van der Waals surface area contributed by atoms with Crippen LogP contribution < -0.4 is 10.2 Å². The molecule has 0 atom stereocenters. The van der Waals surface area contributed by atoms with Gasteiger partial charge in [0.1, 0.15) is 17.5 Å². The Morgan fingerprint density at radius 3 is 2.67 bits per heavy atom. The van der Waals surface area contributed by atoms with Crippen LogP contribution in [-0.4, -0.2) is 49.0 Å². The van der Waals surface area contributed by atoms with Gasteiger partial charge in [-0.15, -0.1) is 12.4 Å². The first-order valence-corrected chi connectivity index (χ1v) is 8.96. The number of anilines is 2. The average molecular weight is 413 g/mol. The summed E-state index contributed by atoms with van der Waals surface area (Å²) in [7, 11) is 4.16. The highest BCUT2D eigenvalue weighted by Gasteiger charge is 2.22. The van der Waals surface area contributed by atoms with Crippen LogP contribution in [-0.2, 0) is 0 Å². The quantitative estimate of drug-likeness (QED) is 0.821. The number of nitrogens with one attached hydrogen (secondary N) is 1. The summed E-state index contributed by atoms with van der Waals surface area (Å²) < 4.78 is 13.1. The zero-order chi connectivity index (χ0) is 18.7. The number of benzene rings is 1. The topological polar surface area (TPSA) is 48.5 Å². The van der Waals surface area contributed by atoms with Crippen molar-refractivity contribution in [2.24, 2.45) is 0 Å². The first kappa shape index (κ1) is 21.4. The molecule has 1 aliphatic heterocycles. The van der Waals surface area contributed by atoms with Gasteiger partial charge in [0.15, 0.2) is 0 Å². The lowest BCUT2D eigenvalue weighted by Crippen LogP contribution is -2.42. The monoisotopic (exact) mass is 412 g/mol. The summed E-state index contributed by atoms with van der Waals surface area (Å²) >= 11 is 5.95. The molecule has 5 nitrogen and oxygen atoms in total. The molecule has 0 saturated carbocycles. The first-order valence-electron chi connectivity index (χ1n) is 8.59. The number of aromatic nitrogens is 1. The third-order valence-corrected chi connectivity index (χ3v) is 5.06. The number of halogens is 3. The number of nitrogens with zero attached hydrogens (tertiary/aromatic N) is 3. The van der Waals surface area contributed by atoms with Gasteiger partial charge in [-0.25, -0.2) is 9.37 Å². The molecule has 0 bridgehead atoms. The third kappa shape index (κ3) is 5.31. The van der Waals surface area contributed by atoms with Crippen molar-refractivity contribution in [1.82, 2.24) is 9.88 Å². The van der Waals surface area contributed by atoms with E-state index in [9.17, 15) is 9.18 Å². The normalized spacial score (nSPS) is 15.1. The Kier molecular flexibility index (Phi) is 7.41. The van der Waals surface area contributed by atoms with Crippen molar-refractivity contribution in [3.05, 3.63) is 52.8 Å². The summed E-state index contributed by atoms with van der Waals surface area (Å²) in [6.45, 7) is 2.13. The van der Waals surface area contributed by atoms with Crippen LogP contribution in [0.15, 0.2) is 36.4 Å². The smallest absolute Gasteiger partial charge is 0.258 e. The Balaban J connectivity index is 0.00000261. The minimum absolute atomic E-state index is 0. The van der Waals surface area contributed by atoms with E-state index in [-0.39, 0.29) is 23.0 Å². The molecule has 1 N–H and O–H groups in total. The fraction of sp³-hybridized carbons (Fsp3) is 0.368. The standard InChI is InChI=1S/C19H22ClFN4O.ClH/c1-24-10-8-14(9-11-24)25(2)18-5-3-4-17(22-18)23-19(26)15-7-6-13(21)12-16(15)20;/h3-7,12,14H,8-11H2,1-2H3,(H,22,23,26);1H. The van der Waals surface area contributed by atoms with E-state index in [0.717, 1.165) is 37.8 Å². The van der Waals surface area contributed by atoms with Gasteiger partial charge < -0.3 is 15.1 Å². The fourth-order valence-electron chi connectivity index (χ4n) is 3.12. The van der Waals surface area contributed by atoms with Crippen LogP contribution in [0.2, 0.25) is 5.02 Å². The Bertz CT molecular complexity index is 797. The van der Waals surface area contributed by atoms with E-state index in [1.54, 1.807) is 6.07 Å². The number of hydrogen-bond acceptors (Lipinski definition) is 4. The van der Waals surface area contributed by atoms with Gasteiger partial charge in [0.25, 0.3) is 5.91 Å². The molecule has 2 heterocycles. The highest BCUT2D eigenvalue weighted by atomic mass is 35.5. The second-order valence-corrected chi connectivity index (χ2v) is 7.01. The molecule has 0 radical (unpaired) electrons. The van der Waals surface area contributed by atoms with Crippen LogP contribution in [0.4, 0.5) is 16.0 Å². The lowest BCUT2D eigenvalue weighted by Gasteiger charge is -2.35. The summed E-state index contributed by atoms with van der Waals surface area (Å²) in [5, 5.41) is 2.80. The zero-order valence-corrected chi connectivity index (χ0v) is 16.9. The third-order valence-electron chi connectivity index (χ3n) is 4.75. The van der Waals surface area contributed by atoms with Crippen molar-refractivity contribution >= 4 is 41.6 Å². The molecule has 0 unspecified atom stereocenters. The predicted molar refractivity (Wildman–Crippen MR) is 110 cm³/mol. The average Bonchev–Trinajstić information content (AvgIpc) is 2.62. The highest BCUT2D eigenvalue weighted by molar-refractivity contribution is 6.34. The van der Waals surface area contributed by atoms with Gasteiger partial charge in [0.2, 0.25) is 0 Å². The van der Waals surface area contributed by atoms with Crippen LogP contribution in [0.25, 0.3) is 0 Å². The Morgan fingerprint density at radius 1 is 1.30 bits per heavy atom. The number of hydrogen-bond donors (Lipinski definition) is 1. The molecule has 1 amide bonds. The van der Waals surface area contributed by atoms with Crippen molar-refractivity contribution in [2.75, 3.05) is 37.4 Å². The minimum atomic E-state index is -0.480. The van der Waals surface area contributed by atoms with Gasteiger partial charge in [0, 0.05) is 13.1 Å². The first-order chi connectivity index (χ1) is 12.4. The lowest BCUT2D eigenvalue weighted by molar-refractivity contribution is 0.102.